The predicted molar refractivity (Wildman–Crippen MR) is 119 cm³/mol. The zero-order valence-corrected chi connectivity index (χ0v) is 17.6. The first-order valence-corrected chi connectivity index (χ1v) is 10.1. The molecule has 2 amide bonds. The highest BCUT2D eigenvalue weighted by Gasteiger charge is 2.23. The molecule has 0 aliphatic carbocycles. The van der Waals surface area contributed by atoms with Crippen LogP contribution in [0.5, 0.6) is 11.5 Å². The van der Waals surface area contributed by atoms with E-state index >= 15 is 0 Å². The van der Waals surface area contributed by atoms with E-state index in [0.717, 1.165) is 17.5 Å². The van der Waals surface area contributed by atoms with Gasteiger partial charge in [0, 0.05) is 5.56 Å². The number of nitrogens with one attached hydrogen (secondary N) is 2. The van der Waals surface area contributed by atoms with Crippen LogP contribution in [-0.2, 0) is 4.79 Å². The van der Waals surface area contributed by atoms with E-state index in [0.29, 0.717) is 23.7 Å². The second-order valence-corrected chi connectivity index (χ2v) is 6.91. The Bertz CT molecular complexity index is 967. The Hall–Kier alpha value is -3.80. The van der Waals surface area contributed by atoms with Crippen LogP contribution < -0.4 is 20.3 Å². The number of carbonyl (C=O) groups excluding carboxylic acids is 2. The molecule has 0 fully saturated rings. The maximum absolute atomic E-state index is 13.0. The molecule has 0 aromatic heterocycles. The van der Waals surface area contributed by atoms with Crippen molar-refractivity contribution in [2.75, 3.05) is 13.7 Å². The molecule has 0 heterocycles. The molecule has 6 nitrogen and oxygen atoms in total. The molecule has 31 heavy (non-hydrogen) atoms. The van der Waals surface area contributed by atoms with Gasteiger partial charge in [0.15, 0.2) is 11.5 Å². The number of rotatable bonds is 8. The Morgan fingerprint density at radius 2 is 1.45 bits per heavy atom. The van der Waals surface area contributed by atoms with E-state index in [2.05, 4.69) is 10.9 Å². The molecule has 0 unspecified atom stereocenters. The van der Waals surface area contributed by atoms with E-state index in [-0.39, 0.29) is 5.91 Å². The first-order chi connectivity index (χ1) is 15.1. The maximum atomic E-state index is 13.0. The fourth-order valence-electron chi connectivity index (χ4n) is 3.19. The Balaban J connectivity index is 1.73. The van der Waals surface area contributed by atoms with E-state index in [1.807, 2.05) is 67.6 Å². The molecule has 2 N–H and O–H groups in total. The molecule has 160 valence electrons. The van der Waals surface area contributed by atoms with Crippen LogP contribution >= 0.6 is 0 Å². The van der Waals surface area contributed by atoms with Crippen molar-refractivity contribution in [2.45, 2.75) is 19.3 Å². The van der Waals surface area contributed by atoms with Crippen LogP contribution in [0.3, 0.4) is 0 Å². The zero-order valence-electron chi connectivity index (χ0n) is 17.6. The molecule has 0 spiro atoms. The summed E-state index contributed by atoms with van der Waals surface area (Å²) in [6, 6.07) is 23.8. The van der Waals surface area contributed by atoms with E-state index in [4.69, 9.17) is 9.47 Å². The Labute approximate surface area is 182 Å². The predicted octanol–water partition coefficient (Wildman–Crippen LogP) is 4.08. The molecule has 0 atom stereocenters. The van der Waals surface area contributed by atoms with Gasteiger partial charge >= 0.3 is 0 Å². The maximum Gasteiger partial charge on any atom is 0.269 e. The lowest BCUT2D eigenvalue weighted by atomic mass is 9.91. The van der Waals surface area contributed by atoms with Crippen LogP contribution in [0.25, 0.3) is 0 Å². The van der Waals surface area contributed by atoms with Gasteiger partial charge in [-0.15, -0.1) is 0 Å². The molecular formula is C25H26N2O4. The van der Waals surface area contributed by atoms with Crippen molar-refractivity contribution in [3.8, 4) is 11.5 Å². The minimum absolute atomic E-state index is 0.333. The average molecular weight is 418 g/mol. The Kier molecular flexibility index (Phi) is 7.65. The van der Waals surface area contributed by atoms with E-state index in [1.54, 1.807) is 18.2 Å². The van der Waals surface area contributed by atoms with E-state index < -0.39 is 11.8 Å². The Morgan fingerprint density at radius 3 is 2.00 bits per heavy atom. The molecule has 0 radical (unpaired) electrons. The largest absolute Gasteiger partial charge is 0.493 e. The van der Waals surface area contributed by atoms with Crippen molar-refractivity contribution in [1.82, 2.24) is 10.9 Å². The van der Waals surface area contributed by atoms with Crippen molar-refractivity contribution in [2.24, 2.45) is 0 Å². The Morgan fingerprint density at radius 1 is 0.839 bits per heavy atom. The summed E-state index contributed by atoms with van der Waals surface area (Å²) in [5.41, 5.74) is 7.06. The molecule has 0 saturated carbocycles. The van der Waals surface area contributed by atoms with Gasteiger partial charge in [0.2, 0.25) is 5.91 Å². The van der Waals surface area contributed by atoms with Gasteiger partial charge in [0.25, 0.3) is 5.91 Å². The summed E-state index contributed by atoms with van der Waals surface area (Å²) in [5, 5.41) is 0. The van der Waals surface area contributed by atoms with Gasteiger partial charge in [-0.2, -0.15) is 0 Å². The number of hydrazine groups is 1. The SMILES string of the molecule is CCCOc1ccc(C(=O)NNC(=O)C(c2ccccc2)c2ccccc2)cc1OC. The van der Waals surface area contributed by atoms with Crippen LogP contribution in [0, 0.1) is 0 Å². The standard InChI is InChI=1S/C25H26N2O4/c1-3-16-31-21-15-14-20(17-22(21)30-2)24(28)26-27-25(29)23(18-10-6-4-7-11-18)19-12-8-5-9-13-19/h4-15,17,23H,3,16H2,1-2H3,(H,26,28)(H,27,29). The minimum atomic E-state index is -0.554. The van der Waals surface area contributed by atoms with Gasteiger partial charge in [-0.1, -0.05) is 67.6 Å². The lowest BCUT2D eigenvalue weighted by Gasteiger charge is -2.18. The topological polar surface area (TPSA) is 76.7 Å². The smallest absolute Gasteiger partial charge is 0.269 e. The highest BCUT2D eigenvalue weighted by molar-refractivity contribution is 5.97. The molecule has 0 bridgehead atoms. The number of hydrogen-bond acceptors (Lipinski definition) is 4. The van der Waals surface area contributed by atoms with E-state index in [9.17, 15) is 9.59 Å². The van der Waals surface area contributed by atoms with Crippen LogP contribution in [0.15, 0.2) is 78.9 Å². The van der Waals surface area contributed by atoms with Gasteiger partial charge in [0.05, 0.1) is 19.6 Å². The summed E-state index contributed by atoms with van der Waals surface area (Å²) in [7, 11) is 1.52. The monoisotopic (exact) mass is 418 g/mol. The molecule has 3 aromatic rings. The number of amides is 2. The number of ether oxygens (including phenoxy) is 2. The molecule has 6 heteroatoms. The van der Waals surface area contributed by atoms with Crippen molar-refractivity contribution in [3.05, 3.63) is 95.6 Å². The summed E-state index contributed by atoms with van der Waals surface area (Å²) in [5.74, 6) is -0.312. The second-order valence-electron chi connectivity index (χ2n) is 6.91. The van der Waals surface area contributed by atoms with Crippen LogP contribution in [0.4, 0.5) is 0 Å². The van der Waals surface area contributed by atoms with Gasteiger partial charge in [-0.25, -0.2) is 0 Å². The first kappa shape index (κ1) is 21.9. The fraction of sp³-hybridized carbons (Fsp3) is 0.200. The quantitative estimate of drug-likeness (QED) is 0.541. The van der Waals surface area contributed by atoms with Gasteiger partial charge < -0.3 is 9.47 Å². The zero-order chi connectivity index (χ0) is 22.1. The normalized spacial score (nSPS) is 10.4. The average Bonchev–Trinajstić information content (AvgIpc) is 2.82. The second kappa shape index (κ2) is 10.8. The number of benzene rings is 3. The van der Waals surface area contributed by atoms with Gasteiger partial charge in [-0.05, 0) is 35.7 Å². The molecule has 0 saturated heterocycles. The molecule has 3 rings (SSSR count). The van der Waals surface area contributed by atoms with Crippen LogP contribution in [0.2, 0.25) is 0 Å². The van der Waals surface area contributed by atoms with Gasteiger partial charge in [-0.3, -0.25) is 20.4 Å². The third kappa shape index (κ3) is 5.63. The molecule has 3 aromatic carbocycles. The van der Waals surface area contributed by atoms with Crippen molar-refractivity contribution in [3.63, 3.8) is 0 Å². The highest BCUT2D eigenvalue weighted by atomic mass is 16.5. The van der Waals surface area contributed by atoms with Crippen LogP contribution in [0.1, 0.15) is 40.7 Å². The molecule has 0 aliphatic rings. The number of methoxy groups -OCH3 is 1. The summed E-state index contributed by atoms with van der Waals surface area (Å²) in [6.45, 7) is 2.56. The van der Waals surface area contributed by atoms with Crippen LogP contribution in [-0.4, -0.2) is 25.5 Å². The van der Waals surface area contributed by atoms with E-state index in [1.165, 1.54) is 7.11 Å². The molecule has 0 aliphatic heterocycles. The van der Waals surface area contributed by atoms with Crippen molar-refractivity contribution < 1.29 is 19.1 Å². The minimum Gasteiger partial charge on any atom is -0.493 e. The fourth-order valence-corrected chi connectivity index (χ4v) is 3.19. The van der Waals surface area contributed by atoms with Crippen molar-refractivity contribution in [1.29, 1.82) is 0 Å². The third-order valence-electron chi connectivity index (χ3n) is 4.71. The number of carbonyl (C=O) groups is 2. The molecular weight excluding hydrogens is 392 g/mol. The lowest BCUT2D eigenvalue weighted by molar-refractivity contribution is -0.122. The van der Waals surface area contributed by atoms with Crippen molar-refractivity contribution >= 4 is 11.8 Å². The third-order valence-corrected chi connectivity index (χ3v) is 4.71. The van der Waals surface area contributed by atoms with Gasteiger partial charge in [0.1, 0.15) is 0 Å². The summed E-state index contributed by atoms with van der Waals surface area (Å²) in [4.78, 5) is 25.6. The summed E-state index contributed by atoms with van der Waals surface area (Å²) >= 11 is 0. The lowest BCUT2D eigenvalue weighted by Crippen LogP contribution is -2.44. The summed E-state index contributed by atoms with van der Waals surface area (Å²) in [6.07, 6.45) is 0.863. The first-order valence-electron chi connectivity index (χ1n) is 10.1. The highest BCUT2D eigenvalue weighted by Crippen LogP contribution is 2.28. The number of hydrogen-bond donors (Lipinski definition) is 2. The summed E-state index contributed by atoms with van der Waals surface area (Å²) < 4.78 is 10.9.